The van der Waals surface area contributed by atoms with Crippen LogP contribution in [-0.2, 0) is 12.8 Å². The van der Waals surface area contributed by atoms with Gasteiger partial charge in [0.15, 0.2) is 0 Å². The summed E-state index contributed by atoms with van der Waals surface area (Å²) in [5.41, 5.74) is 10.7. The molecule has 2 aliphatic rings. The predicted octanol–water partition coefficient (Wildman–Crippen LogP) is 2.27. The van der Waals surface area contributed by atoms with Gasteiger partial charge >= 0.3 is 0 Å². The van der Waals surface area contributed by atoms with Crippen LogP contribution >= 0.6 is 0 Å². The first kappa shape index (κ1) is 11.2. The molecule has 92 valence electrons. The molecule has 0 bridgehead atoms. The Bertz CT molecular complexity index is 394. The molecule has 1 aromatic carbocycles. The lowest BCUT2D eigenvalue weighted by atomic mass is 10.0. The van der Waals surface area contributed by atoms with Gasteiger partial charge in [-0.05, 0) is 61.9 Å². The lowest BCUT2D eigenvalue weighted by molar-refractivity contribution is 0.316. The van der Waals surface area contributed by atoms with Crippen molar-refractivity contribution in [2.45, 2.75) is 38.1 Å². The van der Waals surface area contributed by atoms with Gasteiger partial charge in [0, 0.05) is 12.6 Å². The highest BCUT2D eigenvalue weighted by atomic mass is 15.1. The van der Waals surface area contributed by atoms with Crippen LogP contribution in [-0.4, -0.2) is 24.5 Å². The van der Waals surface area contributed by atoms with E-state index in [1.165, 1.54) is 50.8 Å². The molecule has 1 aliphatic heterocycles. The number of nitrogens with zero attached hydrogens (tertiary/aromatic N) is 1. The molecule has 1 heterocycles. The fraction of sp³-hybridized carbons (Fsp3) is 0.600. The topological polar surface area (TPSA) is 29.3 Å². The second-order valence-electron chi connectivity index (χ2n) is 5.50. The van der Waals surface area contributed by atoms with Crippen LogP contribution in [0, 0.1) is 0 Å². The molecule has 0 saturated carbocycles. The van der Waals surface area contributed by atoms with Gasteiger partial charge in [0.25, 0.3) is 0 Å². The van der Waals surface area contributed by atoms with E-state index in [4.69, 9.17) is 5.73 Å². The molecule has 2 nitrogen and oxygen atoms in total. The number of aryl methyl sites for hydroxylation is 2. The van der Waals surface area contributed by atoms with Crippen LogP contribution in [0.15, 0.2) is 18.2 Å². The van der Waals surface area contributed by atoms with Crippen molar-refractivity contribution < 1.29 is 0 Å². The Kier molecular flexibility index (Phi) is 3.17. The highest BCUT2D eigenvalue weighted by Gasteiger charge is 2.18. The van der Waals surface area contributed by atoms with Crippen molar-refractivity contribution in [1.82, 2.24) is 4.90 Å². The van der Waals surface area contributed by atoms with Gasteiger partial charge in [0.1, 0.15) is 0 Å². The number of fused-ring (bicyclic) bond motifs is 1. The molecule has 2 N–H and O–H groups in total. The summed E-state index contributed by atoms with van der Waals surface area (Å²) in [4.78, 5) is 2.50. The van der Waals surface area contributed by atoms with E-state index in [0.29, 0.717) is 0 Å². The third-order valence-electron chi connectivity index (χ3n) is 4.20. The third kappa shape index (κ3) is 2.38. The van der Waals surface area contributed by atoms with E-state index in [1.54, 1.807) is 11.1 Å². The molecule has 1 unspecified atom stereocenters. The Labute approximate surface area is 104 Å². The van der Waals surface area contributed by atoms with E-state index in [0.717, 1.165) is 6.54 Å². The SMILES string of the molecule is NC(CN1CCCC1)c1ccc2c(c1)CCC2. The lowest BCUT2D eigenvalue weighted by Gasteiger charge is -2.21. The molecule has 3 rings (SSSR count). The van der Waals surface area contributed by atoms with Gasteiger partial charge in [-0.25, -0.2) is 0 Å². The number of hydrogen-bond donors (Lipinski definition) is 1. The van der Waals surface area contributed by atoms with Crippen LogP contribution in [0.4, 0.5) is 0 Å². The summed E-state index contributed by atoms with van der Waals surface area (Å²) in [6.45, 7) is 3.50. The molecule has 1 aromatic rings. The minimum atomic E-state index is 0.194. The number of likely N-dealkylation sites (tertiary alicyclic amines) is 1. The molecule has 0 amide bonds. The van der Waals surface area contributed by atoms with Crippen LogP contribution in [0.3, 0.4) is 0 Å². The van der Waals surface area contributed by atoms with Crippen LogP contribution in [0.25, 0.3) is 0 Å². The highest BCUT2D eigenvalue weighted by molar-refractivity contribution is 5.36. The summed E-state index contributed by atoms with van der Waals surface area (Å²) in [7, 11) is 0. The van der Waals surface area contributed by atoms with E-state index in [-0.39, 0.29) is 6.04 Å². The second-order valence-corrected chi connectivity index (χ2v) is 5.50. The van der Waals surface area contributed by atoms with Crippen LogP contribution in [0.5, 0.6) is 0 Å². The Morgan fingerprint density at radius 3 is 2.65 bits per heavy atom. The maximum Gasteiger partial charge on any atom is 0.0424 e. The quantitative estimate of drug-likeness (QED) is 0.863. The lowest BCUT2D eigenvalue weighted by Crippen LogP contribution is -2.29. The monoisotopic (exact) mass is 230 g/mol. The minimum absolute atomic E-state index is 0.194. The van der Waals surface area contributed by atoms with E-state index >= 15 is 0 Å². The molecule has 1 aliphatic carbocycles. The summed E-state index contributed by atoms with van der Waals surface area (Å²) in [5, 5.41) is 0. The van der Waals surface area contributed by atoms with Gasteiger partial charge < -0.3 is 10.6 Å². The average molecular weight is 230 g/mol. The standard InChI is InChI=1S/C15H22N2/c16-15(11-17-8-1-2-9-17)14-7-6-12-4-3-5-13(12)10-14/h6-7,10,15H,1-5,8-9,11,16H2. The highest BCUT2D eigenvalue weighted by Crippen LogP contribution is 2.25. The average Bonchev–Trinajstić information content (AvgIpc) is 2.97. The van der Waals surface area contributed by atoms with Crippen LogP contribution in [0.2, 0.25) is 0 Å². The van der Waals surface area contributed by atoms with Crippen molar-refractivity contribution in [1.29, 1.82) is 0 Å². The second kappa shape index (κ2) is 4.79. The zero-order chi connectivity index (χ0) is 11.7. The van der Waals surface area contributed by atoms with Crippen molar-refractivity contribution in [2.75, 3.05) is 19.6 Å². The molecule has 0 aromatic heterocycles. The maximum atomic E-state index is 6.33. The summed E-state index contributed by atoms with van der Waals surface area (Å²) in [6.07, 6.45) is 6.52. The Morgan fingerprint density at radius 2 is 1.82 bits per heavy atom. The summed E-state index contributed by atoms with van der Waals surface area (Å²) >= 11 is 0. The number of benzene rings is 1. The fourth-order valence-electron chi connectivity index (χ4n) is 3.17. The zero-order valence-electron chi connectivity index (χ0n) is 10.5. The van der Waals surface area contributed by atoms with Gasteiger partial charge in [-0.2, -0.15) is 0 Å². The Hall–Kier alpha value is -0.860. The van der Waals surface area contributed by atoms with Crippen LogP contribution in [0.1, 0.15) is 42.0 Å². The van der Waals surface area contributed by atoms with Crippen molar-refractivity contribution in [3.05, 3.63) is 34.9 Å². The van der Waals surface area contributed by atoms with E-state index in [2.05, 4.69) is 23.1 Å². The molecule has 0 radical (unpaired) electrons. The first-order valence-electron chi connectivity index (χ1n) is 6.92. The zero-order valence-corrected chi connectivity index (χ0v) is 10.5. The molecule has 17 heavy (non-hydrogen) atoms. The minimum Gasteiger partial charge on any atom is -0.323 e. The largest absolute Gasteiger partial charge is 0.323 e. The molecule has 0 spiro atoms. The molecule has 2 heteroatoms. The number of rotatable bonds is 3. The predicted molar refractivity (Wildman–Crippen MR) is 71.1 cm³/mol. The Balaban J connectivity index is 1.70. The molecule has 1 atom stereocenters. The maximum absolute atomic E-state index is 6.33. The summed E-state index contributed by atoms with van der Waals surface area (Å²) < 4.78 is 0. The molecule has 1 saturated heterocycles. The van der Waals surface area contributed by atoms with E-state index < -0.39 is 0 Å². The van der Waals surface area contributed by atoms with Crippen molar-refractivity contribution in [3.63, 3.8) is 0 Å². The summed E-state index contributed by atoms with van der Waals surface area (Å²) in [6, 6.07) is 7.08. The molecular weight excluding hydrogens is 208 g/mol. The summed E-state index contributed by atoms with van der Waals surface area (Å²) in [5.74, 6) is 0. The molecular formula is C15H22N2. The number of hydrogen-bond acceptors (Lipinski definition) is 2. The van der Waals surface area contributed by atoms with Crippen molar-refractivity contribution in [3.8, 4) is 0 Å². The van der Waals surface area contributed by atoms with Crippen molar-refractivity contribution >= 4 is 0 Å². The van der Waals surface area contributed by atoms with Crippen LogP contribution < -0.4 is 5.73 Å². The van der Waals surface area contributed by atoms with E-state index in [9.17, 15) is 0 Å². The normalized spacial score (nSPS) is 21.7. The van der Waals surface area contributed by atoms with Gasteiger partial charge in [-0.1, -0.05) is 18.2 Å². The molecule has 1 fully saturated rings. The van der Waals surface area contributed by atoms with E-state index in [1.807, 2.05) is 0 Å². The van der Waals surface area contributed by atoms with Gasteiger partial charge in [0.2, 0.25) is 0 Å². The third-order valence-corrected chi connectivity index (χ3v) is 4.20. The van der Waals surface area contributed by atoms with Gasteiger partial charge in [0.05, 0.1) is 0 Å². The van der Waals surface area contributed by atoms with Crippen molar-refractivity contribution in [2.24, 2.45) is 5.73 Å². The van der Waals surface area contributed by atoms with Gasteiger partial charge in [-0.3, -0.25) is 0 Å². The smallest absolute Gasteiger partial charge is 0.0424 e. The Morgan fingerprint density at radius 1 is 1.06 bits per heavy atom. The number of nitrogens with two attached hydrogens (primary N) is 1. The first-order chi connectivity index (χ1) is 8.33. The fourth-order valence-corrected chi connectivity index (χ4v) is 3.17. The van der Waals surface area contributed by atoms with Gasteiger partial charge in [-0.15, -0.1) is 0 Å². The first-order valence-corrected chi connectivity index (χ1v) is 6.92.